The van der Waals surface area contributed by atoms with Gasteiger partial charge in [-0.25, -0.2) is 4.98 Å². The van der Waals surface area contributed by atoms with Crippen LogP contribution < -0.4 is 10.6 Å². The lowest BCUT2D eigenvalue weighted by Crippen LogP contribution is -2.17. The monoisotopic (exact) mass is 379 g/mol. The van der Waals surface area contributed by atoms with E-state index in [2.05, 4.69) is 53.9 Å². The zero-order chi connectivity index (χ0) is 19.6. The fourth-order valence-electron chi connectivity index (χ4n) is 3.45. The average Bonchev–Trinajstić information content (AvgIpc) is 2.72. The Morgan fingerprint density at radius 2 is 1.86 bits per heavy atom. The first kappa shape index (κ1) is 20.3. The van der Waals surface area contributed by atoms with Gasteiger partial charge in [0, 0.05) is 24.7 Å². The minimum absolute atomic E-state index is 0.694. The Kier molecular flexibility index (Phi) is 7.85. The molecule has 1 heterocycles. The number of hydrogen-bond donors (Lipinski definition) is 2. The lowest BCUT2D eigenvalue weighted by Gasteiger charge is -2.15. The molecule has 0 fully saturated rings. The van der Waals surface area contributed by atoms with Crippen LogP contribution in [0.3, 0.4) is 0 Å². The van der Waals surface area contributed by atoms with Gasteiger partial charge in [-0.3, -0.25) is 0 Å². The van der Waals surface area contributed by atoms with E-state index < -0.39 is 0 Å². The molecule has 0 amide bonds. The summed E-state index contributed by atoms with van der Waals surface area (Å²) in [6.45, 7) is 2.82. The summed E-state index contributed by atoms with van der Waals surface area (Å²) in [5.41, 5.74) is 3.64. The molecule has 0 saturated heterocycles. The molecule has 0 atom stereocenters. The summed E-state index contributed by atoms with van der Waals surface area (Å²) in [6, 6.07) is 12.4. The van der Waals surface area contributed by atoms with E-state index >= 15 is 0 Å². The fraction of sp³-hybridized carbons (Fsp3) is 0.478. The Bertz CT molecular complexity index is 755. The van der Waals surface area contributed by atoms with Gasteiger partial charge in [0.05, 0.1) is 5.69 Å². The first-order chi connectivity index (χ1) is 13.7. The van der Waals surface area contributed by atoms with Gasteiger partial charge in [-0.2, -0.15) is 4.98 Å². The van der Waals surface area contributed by atoms with E-state index in [9.17, 15) is 0 Å². The maximum atomic E-state index is 4.73. The predicted octanol–water partition coefficient (Wildman–Crippen LogP) is 4.81. The smallest absolute Gasteiger partial charge is 0.225 e. The van der Waals surface area contributed by atoms with Crippen molar-refractivity contribution in [3.63, 3.8) is 0 Å². The highest BCUT2D eigenvalue weighted by Gasteiger charge is 2.08. The number of nitrogens with zero attached hydrogens (tertiary/aromatic N) is 3. The van der Waals surface area contributed by atoms with Gasteiger partial charge < -0.3 is 15.5 Å². The van der Waals surface area contributed by atoms with Crippen molar-refractivity contribution in [1.29, 1.82) is 0 Å². The third-order valence-electron chi connectivity index (χ3n) is 5.00. The van der Waals surface area contributed by atoms with E-state index in [1.54, 1.807) is 5.57 Å². The van der Waals surface area contributed by atoms with Crippen LogP contribution in [-0.2, 0) is 0 Å². The maximum absolute atomic E-state index is 4.73. The van der Waals surface area contributed by atoms with Gasteiger partial charge in [0.1, 0.15) is 5.82 Å². The summed E-state index contributed by atoms with van der Waals surface area (Å²) in [4.78, 5) is 11.6. The number of aromatic nitrogens is 2. The molecule has 1 aromatic heterocycles. The second kappa shape index (κ2) is 10.8. The molecule has 0 spiro atoms. The SMILES string of the molecule is CN(C)CCCNc1nc(NCCC2=CCCCC2)cc(-c2ccccc2)n1. The quantitative estimate of drug-likeness (QED) is 0.458. The van der Waals surface area contributed by atoms with Crippen LogP contribution in [0.25, 0.3) is 11.3 Å². The number of rotatable bonds is 10. The van der Waals surface area contributed by atoms with Gasteiger partial charge >= 0.3 is 0 Å². The van der Waals surface area contributed by atoms with Crippen molar-refractivity contribution in [3.05, 3.63) is 48.0 Å². The molecule has 2 N–H and O–H groups in total. The molecule has 0 unspecified atom stereocenters. The summed E-state index contributed by atoms with van der Waals surface area (Å²) in [5.74, 6) is 1.58. The number of nitrogens with one attached hydrogen (secondary N) is 2. The van der Waals surface area contributed by atoms with Crippen LogP contribution in [0.4, 0.5) is 11.8 Å². The molecule has 1 aliphatic carbocycles. The third-order valence-corrected chi connectivity index (χ3v) is 5.00. The van der Waals surface area contributed by atoms with Crippen LogP contribution in [0.2, 0.25) is 0 Å². The van der Waals surface area contributed by atoms with E-state index in [1.165, 1.54) is 25.7 Å². The molecule has 0 saturated carbocycles. The molecule has 1 aromatic carbocycles. The Morgan fingerprint density at radius 3 is 2.61 bits per heavy atom. The van der Waals surface area contributed by atoms with E-state index in [4.69, 9.17) is 9.97 Å². The standard InChI is InChI=1S/C23H33N5/c1-28(2)17-9-15-25-23-26-21(20-12-7-4-8-13-20)18-22(27-23)24-16-14-19-10-5-3-6-11-19/h4,7-8,10,12-13,18H,3,5-6,9,11,14-17H2,1-2H3,(H2,24,25,26,27). The highest BCUT2D eigenvalue weighted by Crippen LogP contribution is 2.23. The van der Waals surface area contributed by atoms with E-state index in [0.717, 1.165) is 49.6 Å². The van der Waals surface area contributed by atoms with Crippen molar-refractivity contribution in [3.8, 4) is 11.3 Å². The van der Waals surface area contributed by atoms with Crippen molar-refractivity contribution in [2.75, 3.05) is 44.4 Å². The molecule has 2 aromatic rings. The molecule has 3 rings (SSSR count). The highest BCUT2D eigenvalue weighted by molar-refractivity contribution is 5.64. The fourth-order valence-corrected chi connectivity index (χ4v) is 3.45. The van der Waals surface area contributed by atoms with E-state index in [1.807, 2.05) is 18.2 Å². The van der Waals surface area contributed by atoms with Crippen molar-refractivity contribution < 1.29 is 0 Å². The van der Waals surface area contributed by atoms with Crippen molar-refractivity contribution in [2.24, 2.45) is 0 Å². The molecular weight excluding hydrogens is 346 g/mol. The zero-order valence-electron chi connectivity index (χ0n) is 17.2. The lowest BCUT2D eigenvalue weighted by atomic mass is 9.97. The zero-order valence-corrected chi connectivity index (χ0v) is 17.2. The minimum Gasteiger partial charge on any atom is -0.370 e. The van der Waals surface area contributed by atoms with Gasteiger partial charge in [-0.1, -0.05) is 42.0 Å². The first-order valence-electron chi connectivity index (χ1n) is 10.5. The molecular formula is C23H33N5. The van der Waals surface area contributed by atoms with Gasteiger partial charge in [0.15, 0.2) is 0 Å². The maximum Gasteiger partial charge on any atom is 0.225 e. The Hall–Kier alpha value is -2.40. The average molecular weight is 380 g/mol. The number of hydrogen-bond acceptors (Lipinski definition) is 5. The van der Waals surface area contributed by atoms with Crippen LogP contribution in [-0.4, -0.2) is 48.6 Å². The number of allylic oxidation sites excluding steroid dienone is 1. The molecule has 5 nitrogen and oxygen atoms in total. The number of anilines is 2. The summed E-state index contributed by atoms with van der Waals surface area (Å²) in [6.07, 6.45) is 9.73. The largest absolute Gasteiger partial charge is 0.370 e. The van der Waals surface area contributed by atoms with Crippen LogP contribution in [0.15, 0.2) is 48.0 Å². The molecule has 150 valence electrons. The first-order valence-corrected chi connectivity index (χ1v) is 10.5. The molecule has 5 heteroatoms. The molecule has 0 aliphatic heterocycles. The van der Waals surface area contributed by atoms with Crippen LogP contribution >= 0.6 is 0 Å². The summed E-state index contributed by atoms with van der Waals surface area (Å²) < 4.78 is 0. The normalized spacial score (nSPS) is 14.0. The van der Waals surface area contributed by atoms with E-state index in [0.29, 0.717) is 5.95 Å². The summed E-state index contributed by atoms with van der Waals surface area (Å²) in [7, 11) is 4.19. The van der Waals surface area contributed by atoms with Crippen LogP contribution in [0, 0.1) is 0 Å². The van der Waals surface area contributed by atoms with Crippen molar-refractivity contribution in [2.45, 2.75) is 38.5 Å². The third kappa shape index (κ3) is 6.64. The highest BCUT2D eigenvalue weighted by atomic mass is 15.1. The molecule has 1 aliphatic rings. The number of benzene rings is 1. The molecule has 28 heavy (non-hydrogen) atoms. The predicted molar refractivity (Wildman–Crippen MR) is 119 cm³/mol. The molecule has 0 radical (unpaired) electrons. The lowest BCUT2D eigenvalue weighted by molar-refractivity contribution is 0.405. The van der Waals surface area contributed by atoms with Crippen molar-refractivity contribution >= 4 is 11.8 Å². The Balaban J connectivity index is 1.66. The summed E-state index contributed by atoms with van der Waals surface area (Å²) >= 11 is 0. The van der Waals surface area contributed by atoms with Gasteiger partial charge in [0.25, 0.3) is 0 Å². The Morgan fingerprint density at radius 1 is 1.00 bits per heavy atom. The van der Waals surface area contributed by atoms with Gasteiger partial charge in [-0.05, 0) is 59.2 Å². The molecule has 0 bridgehead atoms. The van der Waals surface area contributed by atoms with Crippen LogP contribution in [0.1, 0.15) is 38.5 Å². The Labute approximate surface area is 169 Å². The second-order valence-electron chi connectivity index (χ2n) is 7.70. The second-order valence-corrected chi connectivity index (χ2v) is 7.70. The van der Waals surface area contributed by atoms with Gasteiger partial charge in [0.2, 0.25) is 5.95 Å². The van der Waals surface area contributed by atoms with Crippen molar-refractivity contribution in [1.82, 2.24) is 14.9 Å². The summed E-state index contributed by atoms with van der Waals surface area (Å²) in [5, 5.41) is 6.90. The van der Waals surface area contributed by atoms with Crippen LogP contribution in [0.5, 0.6) is 0 Å². The van der Waals surface area contributed by atoms with Gasteiger partial charge in [-0.15, -0.1) is 0 Å². The van der Waals surface area contributed by atoms with E-state index in [-0.39, 0.29) is 0 Å². The topological polar surface area (TPSA) is 53.1 Å². The minimum atomic E-state index is 0.694.